The molecule has 1 saturated heterocycles. The highest BCUT2D eigenvalue weighted by Gasteiger charge is 2.22. The highest BCUT2D eigenvalue weighted by Crippen LogP contribution is 2.11. The molecule has 0 saturated carbocycles. The Kier molecular flexibility index (Phi) is 5.46. The van der Waals surface area contributed by atoms with E-state index in [2.05, 4.69) is 5.32 Å². The van der Waals surface area contributed by atoms with Crippen LogP contribution < -0.4 is 5.32 Å². The van der Waals surface area contributed by atoms with E-state index in [9.17, 15) is 19.2 Å². The van der Waals surface area contributed by atoms with E-state index < -0.39 is 5.91 Å². The van der Waals surface area contributed by atoms with Crippen molar-refractivity contribution in [1.82, 2.24) is 9.80 Å². The standard InChI is InChI=1S/C16H19N3O4/c1-12(21)13-2-4-14(5-3-13)17-15(22)10-16(23)19-8-6-18(11-20)7-9-19/h2-5,11H,6-10H2,1H3,(H,17,22). The van der Waals surface area contributed by atoms with Gasteiger partial charge in [-0.15, -0.1) is 0 Å². The largest absolute Gasteiger partial charge is 0.342 e. The summed E-state index contributed by atoms with van der Waals surface area (Å²) in [5.74, 6) is -0.704. The van der Waals surface area contributed by atoms with Gasteiger partial charge in [0.05, 0.1) is 0 Å². The Balaban J connectivity index is 1.83. The fourth-order valence-corrected chi connectivity index (χ4v) is 2.32. The average Bonchev–Trinajstić information content (AvgIpc) is 2.55. The fourth-order valence-electron chi connectivity index (χ4n) is 2.32. The monoisotopic (exact) mass is 317 g/mol. The van der Waals surface area contributed by atoms with E-state index in [4.69, 9.17) is 0 Å². The lowest BCUT2D eigenvalue weighted by Gasteiger charge is -2.32. The molecule has 122 valence electrons. The van der Waals surface area contributed by atoms with Gasteiger partial charge in [0, 0.05) is 37.4 Å². The lowest BCUT2D eigenvalue weighted by Crippen LogP contribution is -2.48. The summed E-state index contributed by atoms with van der Waals surface area (Å²) in [4.78, 5) is 48.9. The molecule has 0 aromatic heterocycles. The number of rotatable bonds is 5. The Morgan fingerprint density at radius 2 is 1.70 bits per heavy atom. The molecule has 0 spiro atoms. The number of carbonyl (C=O) groups excluding carboxylic acids is 4. The van der Waals surface area contributed by atoms with E-state index in [-0.39, 0.29) is 18.1 Å². The summed E-state index contributed by atoms with van der Waals surface area (Å²) in [6.07, 6.45) is 0.523. The summed E-state index contributed by atoms with van der Waals surface area (Å²) in [6, 6.07) is 6.50. The molecule has 1 aromatic rings. The molecule has 7 heteroatoms. The number of nitrogens with zero attached hydrogens (tertiary/aromatic N) is 2. The number of hydrogen-bond acceptors (Lipinski definition) is 4. The first-order chi connectivity index (χ1) is 11.0. The molecule has 0 aliphatic carbocycles. The quantitative estimate of drug-likeness (QED) is 0.487. The zero-order valence-electron chi connectivity index (χ0n) is 12.9. The summed E-state index contributed by atoms with van der Waals surface area (Å²) >= 11 is 0. The topological polar surface area (TPSA) is 86.8 Å². The van der Waals surface area contributed by atoms with Crippen molar-refractivity contribution < 1.29 is 19.2 Å². The molecule has 1 aliphatic rings. The van der Waals surface area contributed by atoms with Crippen LogP contribution in [0.5, 0.6) is 0 Å². The number of nitrogens with one attached hydrogen (secondary N) is 1. The van der Waals surface area contributed by atoms with Crippen LogP contribution in [0.25, 0.3) is 0 Å². The second-order valence-corrected chi connectivity index (χ2v) is 5.38. The average molecular weight is 317 g/mol. The van der Waals surface area contributed by atoms with Gasteiger partial charge in [0.1, 0.15) is 6.42 Å². The van der Waals surface area contributed by atoms with Crippen molar-refractivity contribution in [1.29, 1.82) is 0 Å². The third-order valence-corrected chi connectivity index (χ3v) is 3.70. The van der Waals surface area contributed by atoms with E-state index in [0.717, 1.165) is 6.41 Å². The third-order valence-electron chi connectivity index (χ3n) is 3.70. The summed E-state index contributed by atoms with van der Waals surface area (Å²) in [5.41, 5.74) is 1.10. The van der Waals surface area contributed by atoms with Crippen LogP contribution in [0, 0.1) is 0 Å². The molecule has 3 amide bonds. The highest BCUT2D eigenvalue weighted by molar-refractivity contribution is 6.03. The van der Waals surface area contributed by atoms with Crippen LogP contribution in [0.3, 0.4) is 0 Å². The fraction of sp³-hybridized carbons (Fsp3) is 0.375. The first kappa shape index (κ1) is 16.7. The number of amides is 3. The smallest absolute Gasteiger partial charge is 0.233 e. The molecule has 2 rings (SSSR count). The molecular weight excluding hydrogens is 298 g/mol. The molecule has 1 aromatic carbocycles. The Bertz CT molecular complexity index is 604. The summed E-state index contributed by atoms with van der Waals surface area (Å²) in [5, 5.41) is 2.63. The molecule has 0 unspecified atom stereocenters. The minimum Gasteiger partial charge on any atom is -0.342 e. The zero-order valence-corrected chi connectivity index (χ0v) is 12.9. The number of carbonyl (C=O) groups is 4. The van der Waals surface area contributed by atoms with Crippen molar-refractivity contribution in [3.8, 4) is 0 Å². The summed E-state index contributed by atoms with van der Waals surface area (Å²) < 4.78 is 0. The maximum absolute atomic E-state index is 12.1. The first-order valence-electron chi connectivity index (χ1n) is 7.37. The van der Waals surface area contributed by atoms with Gasteiger partial charge < -0.3 is 15.1 Å². The molecule has 0 atom stereocenters. The van der Waals surface area contributed by atoms with Gasteiger partial charge in [0.2, 0.25) is 18.2 Å². The number of hydrogen-bond donors (Lipinski definition) is 1. The Hall–Kier alpha value is -2.70. The Morgan fingerprint density at radius 1 is 1.09 bits per heavy atom. The summed E-state index contributed by atoms with van der Waals surface area (Å²) in [6.45, 7) is 3.33. The lowest BCUT2D eigenvalue weighted by molar-refractivity contribution is -0.137. The van der Waals surface area contributed by atoms with Crippen LogP contribution in [-0.4, -0.2) is 60.0 Å². The van der Waals surface area contributed by atoms with Crippen LogP contribution in [0.15, 0.2) is 24.3 Å². The molecular formula is C16H19N3O4. The second-order valence-electron chi connectivity index (χ2n) is 5.38. The van der Waals surface area contributed by atoms with Crippen molar-refractivity contribution in [3.05, 3.63) is 29.8 Å². The number of ketones is 1. The van der Waals surface area contributed by atoms with Crippen LogP contribution >= 0.6 is 0 Å². The number of anilines is 1. The predicted octanol–water partition coefficient (Wildman–Crippen LogP) is 0.518. The van der Waals surface area contributed by atoms with Gasteiger partial charge in [-0.1, -0.05) is 0 Å². The van der Waals surface area contributed by atoms with Crippen molar-refractivity contribution >= 4 is 29.7 Å². The van der Waals surface area contributed by atoms with Crippen LogP contribution in [0.1, 0.15) is 23.7 Å². The van der Waals surface area contributed by atoms with E-state index >= 15 is 0 Å². The van der Waals surface area contributed by atoms with E-state index in [1.165, 1.54) is 6.92 Å². The van der Waals surface area contributed by atoms with Gasteiger partial charge in [-0.05, 0) is 31.2 Å². The van der Waals surface area contributed by atoms with E-state index in [0.29, 0.717) is 37.4 Å². The van der Waals surface area contributed by atoms with Gasteiger partial charge in [-0.3, -0.25) is 19.2 Å². The molecule has 1 N–H and O–H groups in total. The molecule has 0 bridgehead atoms. The van der Waals surface area contributed by atoms with Gasteiger partial charge in [0.25, 0.3) is 0 Å². The molecule has 1 fully saturated rings. The Morgan fingerprint density at radius 3 is 2.22 bits per heavy atom. The van der Waals surface area contributed by atoms with Crippen molar-refractivity contribution in [2.75, 3.05) is 31.5 Å². The van der Waals surface area contributed by atoms with Gasteiger partial charge in [0.15, 0.2) is 5.78 Å². The summed E-state index contributed by atoms with van der Waals surface area (Å²) in [7, 11) is 0. The van der Waals surface area contributed by atoms with Crippen LogP contribution in [0.4, 0.5) is 5.69 Å². The zero-order chi connectivity index (χ0) is 16.8. The van der Waals surface area contributed by atoms with Crippen molar-refractivity contribution in [2.24, 2.45) is 0 Å². The van der Waals surface area contributed by atoms with Crippen LogP contribution in [0.2, 0.25) is 0 Å². The lowest BCUT2D eigenvalue weighted by atomic mass is 10.1. The maximum Gasteiger partial charge on any atom is 0.233 e. The van der Waals surface area contributed by atoms with Crippen molar-refractivity contribution in [2.45, 2.75) is 13.3 Å². The normalized spacial score (nSPS) is 14.3. The second kappa shape index (κ2) is 7.53. The van der Waals surface area contributed by atoms with Gasteiger partial charge >= 0.3 is 0 Å². The Labute approximate surface area is 134 Å². The highest BCUT2D eigenvalue weighted by atomic mass is 16.2. The molecule has 1 heterocycles. The molecule has 1 aliphatic heterocycles. The maximum atomic E-state index is 12.1. The molecule has 0 radical (unpaired) electrons. The van der Waals surface area contributed by atoms with Gasteiger partial charge in [-0.25, -0.2) is 0 Å². The number of benzene rings is 1. The van der Waals surface area contributed by atoms with Crippen LogP contribution in [-0.2, 0) is 14.4 Å². The number of piperazine rings is 1. The van der Waals surface area contributed by atoms with Gasteiger partial charge in [-0.2, -0.15) is 0 Å². The minimum atomic E-state index is -0.400. The molecule has 7 nitrogen and oxygen atoms in total. The van der Waals surface area contributed by atoms with Crippen molar-refractivity contribution in [3.63, 3.8) is 0 Å². The minimum absolute atomic E-state index is 0.0486. The first-order valence-corrected chi connectivity index (χ1v) is 7.37. The predicted molar refractivity (Wildman–Crippen MR) is 83.9 cm³/mol. The SMILES string of the molecule is CC(=O)c1ccc(NC(=O)CC(=O)N2CCN(C=O)CC2)cc1. The van der Waals surface area contributed by atoms with E-state index in [1.807, 2.05) is 0 Å². The number of Topliss-reactive ketones (excluding diaryl/α,β-unsaturated/α-hetero) is 1. The molecule has 23 heavy (non-hydrogen) atoms. The van der Waals surface area contributed by atoms with E-state index in [1.54, 1.807) is 34.1 Å². The third kappa shape index (κ3) is 4.64.